The molecule has 0 saturated carbocycles. The molecule has 2 unspecified atom stereocenters. The minimum Gasteiger partial charge on any atom is -0.497 e. The molecular weight excluding hydrogens is 572 g/mol. The third kappa shape index (κ3) is 4.71. The van der Waals surface area contributed by atoms with E-state index in [0.29, 0.717) is 42.0 Å². The summed E-state index contributed by atoms with van der Waals surface area (Å²) >= 11 is 2.10. The largest absolute Gasteiger partial charge is 0.497 e. The van der Waals surface area contributed by atoms with Gasteiger partial charge in [0.1, 0.15) is 17.5 Å². The summed E-state index contributed by atoms with van der Waals surface area (Å²) in [6, 6.07) is 12.4. The van der Waals surface area contributed by atoms with Gasteiger partial charge in [0.05, 0.1) is 41.9 Å². The normalized spacial score (nSPS) is 21.9. The summed E-state index contributed by atoms with van der Waals surface area (Å²) in [5.74, 6) is -2.00. The summed E-state index contributed by atoms with van der Waals surface area (Å²) in [5, 5.41) is 10.8. The maximum Gasteiger partial charge on any atom is 0.308 e. The average Bonchev–Trinajstić information content (AvgIpc) is 3.43. The Kier molecular flexibility index (Phi) is 7.13. The Balaban J connectivity index is 1.42. The topological polar surface area (TPSA) is 141 Å². The van der Waals surface area contributed by atoms with Crippen LogP contribution in [0.1, 0.15) is 16.4 Å². The summed E-state index contributed by atoms with van der Waals surface area (Å²) in [6.45, 7) is 1.54. The zero-order valence-electron chi connectivity index (χ0n) is 21.8. The molecule has 3 aliphatic heterocycles. The number of anilines is 1. The monoisotopic (exact) mass is 596 g/mol. The highest BCUT2D eigenvalue weighted by Crippen LogP contribution is 2.54. The molecule has 2 aromatic carbocycles. The number of fused-ring (bicyclic) bond motifs is 2. The Labute approximate surface area is 241 Å². The van der Waals surface area contributed by atoms with Crippen LogP contribution in [-0.2, 0) is 25.7 Å². The molecule has 3 aliphatic rings. The van der Waals surface area contributed by atoms with Gasteiger partial charge in [-0.25, -0.2) is 4.90 Å². The number of thioether (sulfide) groups is 1. The van der Waals surface area contributed by atoms with Gasteiger partial charge in [-0.2, -0.15) is 0 Å². The van der Waals surface area contributed by atoms with Gasteiger partial charge in [-0.05, 0) is 29.8 Å². The van der Waals surface area contributed by atoms with Crippen LogP contribution in [0.25, 0.3) is 0 Å². The van der Waals surface area contributed by atoms with Crippen LogP contribution < -0.4 is 14.5 Å². The first kappa shape index (κ1) is 27.2. The summed E-state index contributed by atoms with van der Waals surface area (Å²) in [7, 11) is 1.54. The van der Waals surface area contributed by atoms with E-state index >= 15 is 0 Å². The Morgan fingerprint density at radius 3 is 2.37 bits per heavy atom. The zero-order valence-corrected chi connectivity index (χ0v) is 23.4. The van der Waals surface area contributed by atoms with E-state index in [9.17, 15) is 29.3 Å². The van der Waals surface area contributed by atoms with Crippen LogP contribution in [0, 0.1) is 16.0 Å². The number of morpholine rings is 1. The lowest BCUT2D eigenvalue weighted by atomic mass is 9.83. The molecule has 0 spiro atoms. The molecule has 3 amide bonds. The number of carbonyl (C=O) groups excluding carboxylic acids is 3. The van der Waals surface area contributed by atoms with Crippen molar-refractivity contribution < 1.29 is 28.8 Å². The van der Waals surface area contributed by atoms with Gasteiger partial charge >= 0.3 is 4.87 Å². The number of imide groups is 1. The second-order valence-corrected chi connectivity index (χ2v) is 11.8. The Morgan fingerprint density at radius 2 is 1.73 bits per heavy atom. The van der Waals surface area contributed by atoms with Gasteiger partial charge in [0.25, 0.3) is 5.69 Å². The lowest BCUT2D eigenvalue weighted by molar-refractivity contribution is -0.384. The molecule has 14 heteroatoms. The van der Waals surface area contributed by atoms with E-state index in [0.717, 1.165) is 33.6 Å². The highest BCUT2D eigenvalue weighted by molar-refractivity contribution is 8.00. The highest BCUT2D eigenvalue weighted by Gasteiger charge is 2.57. The standard InChI is InChI=1S/C27H24N4O8S2/c1-38-18-8-2-15(3-9-18)20-21-22(25(34)30(24(21)33)16-4-6-17(7-5-16)31(36)37)40-26-23(20)41-27(35)29(26)14-19(32)28-10-12-39-13-11-28/h2-9,20-22H,10-14H2,1H3/t20-,21?,22?/m0/s1. The smallest absolute Gasteiger partial charge is 0.308 e. The van der Waals surface area contributed by atoms with Crippen molar-refractivity contribution in [2.45, 2.75) is 22.7 Å². The number of aromatic nitrogens is 1. The van der Waals surface area contributed by atoms with Crippen LogP contribution in [0.2, 0.25) is 0 Å². The molecule has 41 heavy (non-hydrogen) atoms. The number of benzene rings is 2. The quantitative estimate of drug-likeness (QED) is 0.238. The number of nitro benzene ring substituents is 1. The minimum absolute atomic E-state index is 0.160. The van der Waals surface area contributed by atoms with Crippen molar-refractivity contribution in [3.05, 3.63) is 78.8 Å². The van der Waals surface area contributed by atoms with Crippen LogP contribution in [-0.4, -0.2) is 70.8 Å². The van der Waals surface area contributed by atoms with Gasteiger partial charge in [-0.15, -0.1) is 0 Å². The fourth-order valence-corrected chi connectivity index (χ4v) is 8.22. The molecule has 0 aliphatic carbocycles. The van der Waals surface area contributed by atoms with Crippen molar-refractivity contribution >= 4 is 52.2 Å². The third-order valence-corrected chi connectivity index (χ3v) is 10.1. The maximum absolute atomic E-state index is 13.9. The van der Waals surface area contributed by atoms with Crippen molar-refractivity contribution in [1.82, 2.24) is 9.47 Å². The predicted molar refractivity (Wildman–Crippen MR) is 150 cm³/mol. The average molecular weight is 597 g/mol. The van der Waals surface area contributed by atoms with E-state index in [-0.39, 0.29) is 28.7 Å². The molecule has 212 valence electrons. The molecule has 2 fully saturated rings. The molecule has 0 radical (unpaired) electrons. The Bertz CT molecular complexity index is 1590. The van der Waals surface area contributed by atoms with Gasteiger partial charge in [-0.1, -0.05) is 35.2 Å². The fourth-order valence-electron chi connectivity index (χ4n) is 5.45. The van der Waals surface area contributed by atoms with Crippen LogP contribution >= 0.6 is 23.1 Å². The highest BCUT2D eigenvalue weighted by atomic mass is 32.2. The second-order valence-electron chi connectivity index (χ2n) is 9.72. The zero-order chi connectivity index (χ0) is 28.8. The first-order valence-corrected chi connectivity index (χ1v) is 14.5. The summed E-state index contributed by atoms with van der Waals surface area (Å²) in [4.78, 5) is 67.7. The lowest BCUT2D eigenvalue weighted by Crippen LogP contribution is -2.43. The SMILES string of the molecule is COc1ccc([C@@H]2c3sc(=O)n(CC(=O)N4CCOCC4)c3SC3C(=O)N(c4ccc([N+](=O)[O-])cc4)C(=O)C32)cc1. The lowest BCUT2D eigenvalue weighted by Gasteiger charge is -2.31. The molecular formula is C27H24N4O8S2. The van der Waals surface area contributed by atoms with Crippen molar-refractivity contribution in [2.24, 2.45) is 5.92 Å². The van der Waals surface area contributed by atoms with E-state index < -0.39 is 33.8 Å². The summed E-state index contributed by atoms with van der Waals surface area (Å²) < 4.78 is 12.0. The molecule has 6 rings (SSSR count). The van der Waals surface area contributed by atoms with Crippen molar-refractivity contribution in [1.29, 1.82) is 0 Å². The number of nitro groups is 1. The molecule has 2 saturated heterocycles. The number of methoxy groups -OCH3 is 1. The van der Waals surface area contributed by atoms with E-state index in [1.165, 1.54) is 28.8 Å². The Hall–Kier alpha value is -4.01. The van der Waals surface area contributed by atoms with Crippen molar-refractivity contribution in [2.75, 3.05) is 38.3 Å². The number of amides is 3. The van der Waals surface area contributed by atoms with Gasteiger partial charge < -0.3 is 14.4 Å². The second kappa shape index (κ2) is 10.8. The van der Waals surface area contributed by atoms with Crippen molar-refractivity contribution in [3.8, 4) is 5.75 Å². The molecule has 0 N–H and O–H groups in total. The number of non-ortho nitro benzene ring substituents is 1. The van der Waals surface area contributed by atoms with E-state index in [1.54, 1.807) is 36.3 Å². The molecule has 3 aromatic rings. The number of carbonyl (C=O) groups is 3. The van der Waals surface area contributed by atoms with Gasteiger partial charge in [-0.3, -0.25) is 33.9 Å². The predicted octanol–water partition coefficient (Wildman–Crippen LogP) is 2.48. The number of nitrogens with zero attached hydrogens (tertiary/aromatic N) is 4. The van der Waals surface area contributed by atoms with Gasteiger partial charge in [0.15, 0.2) is 0 Å². The van der Waals surface area contributed by atoms with Crippen LogP contribution in [0.5, 0.6) is 5.75 Å². The summed E-state index contributed by atoms with van der Waals surface area (Å²) in [6.07, 6.45) is 0. The van der Waals surface area contributed by atoms with E-state index in [4.69, 9.17) is 9.47 Å². The summed E-state index contributed by atoms with van der Waals surface area (Å²) in [5.41, 5.74) is 0.797. The van der Waals surface area contributed by atoms with Gasteiger partial charge in [0, 0.05) is 36.0 Å². The number of thiazole rings is 1. The van der Waals surface area contributed by atoms with E-state index in [1.807, 2.05) is 0 Å². The first-order chi connectivity index (χ1) is 19.8. The minimum atomic E-state index is -0.865. The van der Waals surface area contributed by atoms with Crippen LogP contribution in [0.3, 0.4) is 0 Å². The number of rotatable bonds is 6. The molecule has 0 bridgehead atoms. The number of ether oxygens (including phenoxy) is 2. The molecule has 3 atom stereocenters. The number of hydrogen-bond acceptors (Lipinski definition) is 10. The van der Waals surface area contributed by atoms with Crippen LogP contribution in [0.15, 0.2) is 58.4 Å². The Morgan fingerprint density at radius 1 is 1.05 bits per heavy atom. The first-order valence-electron chi connectivity index (χ1n) is 12.8. The molecule has 12 nitrogen and oxygen atoms in total. The fraction of sp³-hybridized carbons (Fsp3) is 0.333. The van der Waals surface area contributed by atoms with Crippen molar-refractivity contribution in [3.63, 3.8) is 0 Å². The third-order valence-electron chi connectivity index (χ3n) is 7.50. The maximum atomic E-state index is 13.9. The number of hydrogen-bond donors (Lipinski definition) is 0. The van der Waals surface area contributed by atoms with E-state index in [2.05, 4.69) is 0 Å². The molecule has 1 aromatic heterocycles. The molecule has 4 heterocycles. The van der Waals surface area contributed by atoms with Crippen LogP contribution in [0.4, 0.5) is 11.4 Å². The van der Waals surface area contributed by atoms with Gasteiger partial charge in [0.2, 0.25) is 17.7 Å².